The van der Waals surface area contributed by atoms with Crippen molar-refractivity contribution in [3.63, 3.8) is 0 Å². The standard InChI is InChI=1S/C10H11F2NO3/c1-5(14)10(15)13-8-3-7(12)9(16-2)4-6(8)11/h3-5,14H,1-2H3,(H,13,15). The Morgan fingerprint density at radius 2 is 2.06 bits per heavy atom. The molecule has 0 aromatic heterocycles. The largest absolute Gasteiger partial charge is 0.494 e. The Morgan fingerprint density at radius 1 is 1.44 bits per heavy atom. The maximum absolute atomic E-state index is 13.3. The van der Waals surface area contributed by atoms with Gasteiger partial charge in [-0.3, -0.25) is 4.79 Å². The lowest BCUT2D eigenvalue weighted by Crippen LogP contribution is -2.25. The van der Waals surface area contributed by atoms with E-state index in [9.17, 15) is 13.6 Å². The number of hydrogen-bond donors (Lipinski definition) is 2. The van der Waals surface area contributed by atoms with Gasteiger partial charge in [0, 0.05) is 12.1 Å². The number of aliphatic hydroxyl groups is 1. The molecule has 1 atom stereocenters. The van der Waals surface area contributed by atoms with Crippen LogP contribution in [0, 0.1) is 11.6 Å². The first kappa shape index (κ1) is 12.4. The van der Waals surface area contributed by atoms with Crippen molar-refractivity contribution in [2.45, 2.75) is 13.0 Å². The van der Waals surface area contributed by atoms with Gasteiger partial charge >= 0.3 is 0 Å². The molecule has 0 radical (unpaired) electrons. The summed E-state index contributed by atoms with van der Waals surface area (Å²) in [6.45, 7) is 1.22. The minimum absolute atomic E-state index is 0.257. The van der Waals surface area contributed by atoms with E-state index in [0.29, 0.717) is 0 Å². The highest BCUT2D eigenvalue weighted by Crippen LogP contribution is 2.24. The van der Waals surface area contributed by atoms with Gasteiger partial charge in [0.15, 0.2) is 17.4 Å². The van der Waals surface area contributed by atoms with Gasteiger partial charge in [-0.2, -0.15) is 0 Å². The molecule has 0 saturated carbocycles. The summed E-state index contributed by atoms with van der Waals surface area (Å²) < 4.78 is 31.0. The molecule has 1 rings (SSSR count). The summed E-state index contributed by atoms with van der Waals surface area (Å²) in [4.78, 5) is 11.0. The van der Waals surface area contributed by atoms with Crippen molar-refractivity contribution < 1.29 is 23.4 Å². The molecule has 6 heteroatoms. The van der Waals surface area contributed by atoms with Crippen LogP contribution in [-0.2, 0) is 4.79 Å². The zero-order valence-electron chi connectivity index (χ0n) is 8.75. The van der Waals surface area contributed by atoms with E-state index in [-0.39, 0.29) is 11.4 Å². The van der Waals surface area contributed by atoms with Crippen LogP contribution < -0.4 is 10.1 Å². The van der Waals surface area contributed by atoms with Gasteiger partial charge in [0.25, 0.3) is 5.91 Å². The molecule has 1 aromatic carbocycles. The number of aliphatic hydroxyl groups excluding tert-OH is 1. The van der Waals surface area contributed by atoms with Gasteiger partial charge in [-0.15, -0.1) is 0 Å². The highest BCUT2D eigenvalue weighted by Gasteiger charge is 2.15. The van der Waals surface area contributed by atoms with Gasteiger partial charge in [-0.1, -0.05) is 0 Å². The molecule has 88 valence electrons. The second-order valence-corrected chi connectivity index (χ2v) is 3.13. The van der Waals surface area contributed by atoms with E-state index in [1.54, 1.807) is 0 Å². The lowest BCUT2D eigenvalue weighted by Gasteiger charge is -2.09. The lowest BCUT2D eigenvalue weighted by atomic mass is 10.2. The Morgan fingerprint density at radius 3 is 2.56 bits per heavy atom. The maximum atomic E-state index is 13.3. The number of rotatable bonds is 3. The molecule has 0 heterocycles. The minimum Gasteiger partial charge on any atom is -0.494 e. The van der Waals surface area contributed by atoms with E-state index in [2.05, 4.69) is 4.74 Å². The summed E-state index contributed by atoms with van der Waals surface area (Å²) in [5.74, 6) is -2.71. The second kappa shape index (κ2) is 4.89. The number of nitrogens with one attached hydrogen (secondary N) is 1. The molecule has 1 aromatic rings. The highest BCUT2D eigenvalue weighted by atomic mass is 19.1. The first-order valence-electron chi connectivity index (χ1n) is 4.47. The van der Waals surface area contributed by atoms with Gasteiger partial charge < -0.3 is 15.2 Å². The average Bonchev–Trinajstić information content (AvgIpc) is 2.22. The smallest absolute Gasteiger partial charge is 0.252 e. The third-order valence-corrected chi connectivity index (χ3v) is 1.88. The summed E-state index contributed by atoms with van der Waals surface area (Å²) in [7, 11) is 1.20. The lowest BCUT2D eigenvalue weighted by molar-refractivity contribution is -0.123. The van der Waals surface area contributed by atoms with E-state index in [0.717, 1.165) is 12.1 Å². The van der Waals surface area contributed by atoms with Gasteiger partial charge in [-0.05, 0) is 6.92 Å². The number of hydrogen-bond acceptors (Lipinski definition) is 3. The maximum Gasteiger partial charge on any atom is 0.252 e. The number of methoxy groups -OCH3 is 1. The summed E-state index contributed by atoms with van der Waals surface area (Å²) >= 11 is 0. The predicted molar refractivity (Wildman–Crippen MR) is 53.2 cm³/mol. The van der Waals surface area contributed by atoms with Crippen LogP contribution in [0.3, 0.4) is 0 Å². The summed E-state index contributed by atoms with van der Waals surface area (Å²) in [5.41, 5.74) is -0.343. The average molecular weight is 231 g/mol. The first-order chi connectivity index (χ1) is 7.45. The molecule has 2 N–H and O–H groups in total. The van der Waals surface area contributed by atoms with Crippen LogP contribution in [-0.4, -0.2) is 24.2 Å². The SMILES string of the molecule is COc1cc(F)c(NC(=O)C(C)O)cc1F. The quantitative estimate of drug-likeness (QED) is 0.824. The molecule has 0 saturated heterocycles. The fourth-order valence-electron chi connectivity index (χ4n) is 1.02. The van der Waals surface area contributed by atoms with E-state index in [1.807, 2.05) is 5.32 Å². The molecule has 1 amide bonds. The van der Waals surface area contributed by atoms with Crippen LogP contribution in [0.25, 0.3) is 0 Å². The van der Waals surface area contributed by atoms with E-state index in [1.165, 1.54) is 14.0 Å². The molecule has 0 spiro atoms. The number of ether oxygens (including phenoxy) is 1. The predicted octanol–water partition coefficient (Wildman–Crippen LogP) is 1.29. The van der Waals surface area contributed by atoms with Crippen molar-refractivity contribution in [2.75, 3.05) is 12.4 Å². The van der Waals surface area contributed by atoms with Gasteiger partial charge in [0.05, 0.1) is 12.8 Å². The van der Waals surface area contributed by atoms with Crippen LogP contribution in [0.2, 0.25) is 0 Å². The van der Waals surface area contributed by atoms with Crippen LogP contribution in [0.5, 0.6) is 5.75 Å². The van der Waals surface area contributed by atoms with Crippen molar-refractivity contribution in [3.05, 3.63) is 23.8 Å². The molecule has 4 nitrogen and oxygen atoms in total. The van der Waals surface area contributed by atoms with Crippen molar-refractivity contribution in [2.24, 2.45) is 0 Å². The third-order valence-electron chi connectivity index (χ3n) is 1.88. The third kappa shape index (κ3) is 2.66. The van der Waals surface area contributed by atoms with Gasteiger partial charge in [-0.25, -0.2) is 8.78 Å². The second-order valence-electron chi connectivity index (χ2n) is 3.13. The molecular formula is C10H11F2NO3. The monoisotopic (exact) mass is 231 g/mol. The van der Waals surface area contributed by atoms with E-state index in [4.69, 9.17) is 5.11 Å². The molecule has 0 aliphatic carbocycles. The number of benzene rings is 1. The van der Waals surface area contributed by atoms with Gasteiger partial charge in [0.1, 0.15) is 6.10 Å². The molecule has 0 fully saturated rings. The molecule has 16 heavy (non-hydrogen) atoms. The van der Waals surface area contributed by atoms with E-state index < -0.39 is 23.6 Å². The van der Waals surface area contributed by atoms with E-state index >= 15 is 0 Å². The number of amides is 1. The number of halogens is 2. The Hall–Kier alpha value is -1.69. The topological polar surface area (TPSA) is 58.6 Å². The Balaban J connectivity index is 2.98. The molecular weight excluding hydrogens is 220 g/mol. The first-order valence-corrected chi connectivity index (χ1v) is 4.47. The van der Waals surface area contributed by atoms with Crippen LogP contribution in [0.4, 0.5) is 14.5 Å². The molecule has 0 aliphatic heterocycles. The number of anilines is 1. The van der Waals surface area contributed by atoms with Crippen LogP contribution >= 0.6 is 0 Å². The zero-order chi connectivity index (χ0) is 12.3. The number of carbonyl (C=O) groups is 1. The fraction of sp³-hybridized carbons (Fsp3) is 0.300. The molecule has 0 aliphatic rings. The van der Waals surface area contributed by atoms with Gasteiger partial charge in [0.2, 0.25) is 0 Å². The van der Waals surface area contributed by atoms with Crippen LogP contribution in [0.15, 0.2) is 12.1 Å². The molecule has 0 bridgehead atoms. The Kier molecular flexibility index (Phi) is 3.78. The Labute approximate surface area is 90.8 Å². The van der Waals surface area contributed by atoms with Crippen molar-refractivity contribution >= 4 is 11.6 Å². The summed E-state index contributed by atoms with van der Waals surface area (Å²) in [6.07, 6.45) is -1.30. The minimum atomic E-state index is -1.30. The highest BCUT2D eigenvalue weighted by molar-refractivity contribution is 5.93. The summed E-state index contributed by atoms with van der Waals surface area (Å²) in [5, 5.41) is 10.9. The number of carbonyl (C=O) groups excluding carboxylic acids is 1. The normalized spacial score (nSPS) is 12.1. The Bertz CT molecular complexity index is 407. The van der Waals surface area contributed by atoms with Crippen LogP contribution in [0.1, 0.15) is 6.92 Å². The summed E-state index contributed by atoms with van der Waals surface area (Å²) in [6, 6.07) is 1.60. The zero-order valence-corrected chi connectivity index (χ0v) is 8.75. The van der Waals surface area contributed by atoms with Crippen molar-refractivity contribution in [3.8, 4) is 5.75 Å². The molecule has 1 unspecified atom stereocenters. The van der Waals surface area contributed by atoms with Crippen molar-refractivity contribution in [1.82, 2.24) is 0 Å². The van der Waals surface area contributed by atoms with Crippen molar-refractivity contribution in [1.29, 1.82) is 0 Å². The fourth-order valence-corrected chi connectivity index (χ4v) is 1.02.